The lowest BCUT2D eigenvalue weighted by molar-refractivity contribution is 1.07. The Hall–Kier alpha value is -1.56. The van der Waals surface area contributed by atoms with E-state index >= 15 is 0 Å². The Balaban J connectivity index is 2.54. The molecule has 5 nitrogen and oxygen atoms in total. The Bertz CT molecular complexity index is 496. The Morgan fingerprint density at radius 2 is 2.21 bits per heavy atom. The van der Waals surface area contributed by atoms with Gasteiger partial charge < -0.3 is 4.98 Å². The van der Waals surface area contributed by atoms with Gasteiger partial charge in [0, 0.05) is 12.4 Å². The second-order valence-corrected chi connectivity index (χ2v) is 3.36. The second-order valence-electron chi connectivity index (χ2n) is 2.50. The van der Waals surface area contributed by atoms with Crippen LogP contribution in [0.1, 0.15) is 0 Å². The van der Waals surface area contributed by atoms with E-state index in [1.165, 1.54) is 12.5 Å². The molecule has 0 saturated carbocycles. The topological polar surface area (TPSA) is 71.5 Å². The predicted octanol–water partition coefficient (Wildman–Crippen LogP) is 0.989. The SMILES string of the molecule is O=c1[nH]c(-c2ccncn2)ncc1Br. The maximum Gasteiger partial charge on any atom is 0.265 e. The van der Waals surface area contributed by atoms with Crippen LogP contribution in [0.2, 0.25) is 0 Å². The van der Waals surface area contributed by atoms with E-state index in [-0.39, 0.29) is 5.56 Å². The largest absolute Gasteiger partial charge is 0.304 e. The number of aromatic amines is 1. The molecule has 0 fully saturated rings. The van der Waals surface area contributed by atoms with Crippen molar-refractivity contribution in [3.8, 4) is 11.5 Å². The van der Waals surface area contributed by atoms with E-state index < -0.39 is 0 Å². The average molecular weight is 253 g/mol. The summed E-state index contributed by atoms with van der Waals surface area (Å²) < 4.78 is 0.398. The lowest BCUT2D eigenvalue weighted by Gasteiger charge is -1.97. The predicted molar refractivity (Wildman–Crippen MR) is 53.6 cm³/mol. The Kier molecular flexibility index (Phi) is 2.36. The zero-order chi connectivity index (χ0) is 9.97. The van der Waals surface area contributed by atoms with Gasteiger partial charge in [0.2, 0.25) is 0 Å². The van der Waals surface area contributed by atoms with Crippen molar-refractivity contribution in [2.45, 2.75) is 0 Å². The summed E-state index contributed by atoms with van der Waals surface area (Å²) in [7, 11) is 0. The zero-order valence-corrected chi connectivity index (χ0v) is 8.52. The summed E-state index contributed by atoms with van der Waals surface area (Å²) in [6.45, 7) is 0. The maximum absolute atomic E-state index is 11.2. The minimum absolute atomic E-state index is 0.228. The molecular formula is C8H5BrN4O. The lowest BCUT2D eigenvalue weighted by atomic mass is 10.4. The molecule has 2 aromatic rings. The first-order valence-electron chi connectivity index (χ1n) is 3.78. The number of aromatic nitrogens is 4. The van der Waals surface area contributed by atoms with Gasteiger partial charge in [-0.3, -0.25) is 4.79 Å². The first-order valence-corrected chi connectivity index (χ1v) is 4.58. The van der Waals surface area contributed by atoms with E-state index in [1.54, 1.807) is 12.3 Å². The lowest BCUT2D eigenvalue weighted by Crippen LogP contribution is -2.09. The molecule has 0 aliphatic rings. The van der Waals surface area contributed by atoms with E-state index in [9.17, 15) is 4.79 Å². The number of halogens is 1. The summed E-state index contributed by atoms with van der Waals surface area (Å²) in [6, 6.07) is 1.67. The van der Waals surface area contributed by atoms with E-state index in [1.807, 2.05) is 0 Å². The molecule has 70 valence electrons. The second kappa shape index (κ2) is 3.67. The summed E-state index contributed by atoms with van der Waals surface area (Å²) in [5, 5.41) is 0. The third-order valence-corrected chi connectivity index (χ3v) is 2.15. The third kappa shape index (κ3) is 1.69. The molecule has 0 unspecified atom stereocenters. The van der Waals surface area contributed by atoms with Gasteiger partial charge in [-0.1, -0.05) is 0 Å². The fraction of sp³-hybridized carbons (Fsp3) is 0. The van der Waals surface area contributed by atoms with Gasteiger partial charge in [-0.25, -0.2) is 15.0 Å². The minimum atomic E-state index is -0.228. The van der Waals surface area contributed by atoms with Gasteiger partial charge in [0.1, 0.15) is 16.5 Å². The smallest absolute Gasteiger partial charge is 0.265 e. The molecule has 0 aliphatic carbocycles. The maximum atomic E-state index is 11.2. The van der Waals surface area contributed by atoms with Gasteiger partial charge >= 0.3 is 0 Å². The molecule has 2 heterocycles. The highest BCUT2D eigenvalue weighted by atomic mass is 79.9. The standard InChI is InChI=1S/C8H5BrN4O/c9-5-3-11-7(13-8(5)14)6-1-2-10-4-12-6/h1-4H,(H,11,13,14). The number of rotatable bonds is 1. The first-order chi connectivity index (χ1) is 6.77. The Labute approximate surface area is 87.4 Å². The van der Waals surface area contributed by atoms with Crippen molar-refractivity contribution in [3.63, 3.8) is 0 Å². The van der Waals surface area contributed by atoms with Gasteiger partial charge in [0.05, 0.1) is 0 Å². The van der Waals surface area contributed by atoms with Crippen LogP contribution in [0.25, 0.3) is 11.5 Å². The van der Waals surface area contributed by atoms with Crippen LogP contribution in [0.15, 0.2) is 34.1 Å². The highest BCUT2D eigenvalue weighted by Crippen LogP contribution is 2.08. The summed E-state index contributed by atoms with van der Waals surface area (Å²) >= 11 is 3.06. The number of H-pyrrole nitrogens is 1. The first kappa shape index (κ1) is 9.01. The third-order valence-electron chi connectivity index (χ3n) is 1.58. The summed E-state index contributed by atoms with van der Waals surface area (Å²) in [5.74, 6) is 0.431. The Morgan fingerprint density at radius 1 is 1.36 bits per heavy atom. The van der Waals surface area contributed by atoms with E-state index in [0.717, 1.165) is 0 Å². The molecule has 0 spiro atoms. The molecule has 0 aliphatic heterocycles. The zero-order valence-electron chi connectivity index (χ0n) is 6.94. The fourth-order valence-electron chi connectivity index (χ4n) is 0.940. The highest BCUT2D eigenvalue weighted by molar-refractivity contribution is 9.10. The summed E-state index contributed by atoms with van der Waals surface area (Å²) in [5.41, 5.74) is 0.359. The van der Waals surface area contributed by atoms with Crippen LogP contribution in [0.4, 0.5) is 0 Å². The van der Waals surface area contributed by atoms with Gasteiger partial charge in [-0.2, -0.15) is 0 Å². The van der Waals surface area contributed by atoms with Gasteiger partial charge in [-0.05, 0) is 22.0 Å². The molecule has 0 bridgehead atoms. The molecule has 6 heteroatoms. The van der Waals surface area contributed by atoms with Crippen molar-refractivity contribution in [2.24, 2.45) is 0 Å². The summed E-state index contributed by atoms with van der Waals surface area (Å²) in [6.07, 6.45) is 4.43. The van der Waals surface area contributed by atoms with Crippen molar-refractivity contribution in [3.05, 3.63) is 39.6 Å². The van der Waals surface area contributed by atoms with Crippen LogP contribution in [0, 0.1) is 0 Å². The molecule has 0 amide bonds. The van der Waals surface area contributed by atoms with Crippen LogP contribution in [0.5, 0.6) is 0 Å². The fourth-order valence-corrected chi connectivity index (χ4v) is 1.14. The average Bonchev–Trinajstić information content (AvgIpc) is 2.23. The van der Waals surface area contributed by atoms with Gasteiger partial charge in [0.15, 0.2) is 5.82 Å². The molecule has 0 radical (unpaired) electrons. The van der Waals surface area contributed by atoms with Crippen molar-refractivity contribution in [1.29, 1.82) is 0 Å². The van der Waals surface area contributed by atoms with E-state index in [0.29, 0.717) is 16.0 Å². The van der Waals surface area contributed by atoms with E-state index in [2.05, 4.69) is 35.9 Å². The number of nitrogens with one attached hydrogen (secondary N) is 1. The van der Waals surface area contributed by atoms with Crippen LogP contribution in [-0.2, 0) is 0 Å². The van der Waals surface area contributed by atoms with Crippen molar-refractivity contribution >= 4 is 15.9 Å². The molecule has 0 atom stereocenters. The van der Waals surface area contributed by atoms with Crippen molar-refractivity contribution in [1.82, 2.24) is 19.9 Å². The van der Waals surface area contributed by atoms with Gasteiger partial charge in [-0.15, -0.1) is 0 Å². The summed E-state index contributed by atoms with van der Waals surface area (Å²) in [4.78, 5) is 25.6. The van der Waals surface area contributed by atoms with Crippen LogP contribution >= 0.6 is 15.9 Å². The van der Waals surface area contributed by atoms with E-state index in [4.69, 9.17) is 0 Å². The molecule has 2 aromatic heterocycles. The Morgan fingerprint density at radius 3 is 2.86 bits per heavy atom. The quantitative estimate of drug-likeness (QED) is 0.822. The molecule has 2 rings (SSSR count). The number of hydrogen-bond acceptors (Lipinski definition) is 4. The van der Waals surface area contributed by atoms with Gasteiger partial charge in [0.25, 0.3) is 5.56 Å². The van der Waals surface area contributed by atoms with Crippen molar-refractivity contribution < 1.29 is 0 Å². The van der Waals surface area contributed by atoms with Crippen LogP contribution in [0.3, 0.4) is 0 Å². The van der Waals surface area contributed by atoms with Crippen LogP contribution < -0.4 is 5.56 Å². The highest BCUT2D eigenvalue weighted by Gasteiger charge is 2.02. The van der Waals surface area contributed by atoms with Crippen molar-refractivity contribution in [2.75, 3.05) is 0 Å². The number of nitrogens with zero attached hydrogens (tertiary/aromatic N) is 3. The van der Waals surface area contributed by atoms with Crippen LogP contribution in [-0.4, -0.2) is 19.9 Å². The minimum Gasteiger partial charge on any atom is -0.304 e. The normalized spacial score (nSPS) is 10.1. The molecule has 14 heavy (non-hydrogen) atoms. The molecule has 1 N–H and O–H groups in total. The molecule has 0 aromatic carbocycles. The number of hydrogen-bond donors (Lipinski definition) is 1. The molecule has 0 saturated heterocycles. The monoisotopic (exact) mass is 252 g/mol. The molecular weight excluding hydrogens is 248 g/mol.